The van der Waals surface area contributed by atoms with Crippen molar-refractivity contribution in [2.75, 3.05) is 7.11 Å². The molecular weight excluding hydrogens is 508 g/mol. The number of nitrogens with zero attached hydrogens (tertiary/aromatic N) is 4. The SMILES string of the molecule is COc1cc2c(=O)n(C)cnc2cc1Br.Cn1cnc2cc(Br)c(O)cc2c1=O. The van der Waals surface area contributed by atoms with Gasteiger partial charge in [0.25, 0.3) is 11.1 Å². The molecule has 0 radical (unpaired) electrons. The van der Waals surface area contributed by atoms with Crippen LogP contribution in [0.15, 0.2) is 55.5 Å². The Kier molecular flexibility index (Phi) is 6.04. The van der Waals surface area contributed by atoms with Crippen LogP contribution in [0.1, 0.15) is 0 Å². The Bertz CT molecular complexity index is 1350. The van der Waals surface area contributed by atoms with Gasteiger partial charge in [0.1, 0.15) is 11.5 Å². The molecule has 0 spiro atoms. The molecule has 0 unspecified atom stereocenters. The molecule has 10 heteroatoms. The van der Waals surface area contributed by atoms with E-state index in [1.807, 2.05) is 0 Å². The maximum atomic E-state index is 11.8. The Labute approximate surface area is 181 Å². The van der Waals surface area contributed by atoms with Crippen molar-refractivity contribution < 1.29 is 9.84 Å². The molecule has 29 heavy (non-hydrogen) atoms. The Morgan fingerprint density at radius 3 is 1.86 bits per heavy atom. The van der Waals surface area contributed by atoms with Crippen LogP contribution in [0.4, 0.5) is 0 Å². The van der Waals surface area contributed by atoms with Crippen LogP contribution in [0.2, 0.25) is 0 Å². The molecule has 4 rings (SSSR count). The van der Waals surface area contributed by atoms with Gasteiger partial charge in [0.15, 0.2) is 0 Å². The lowest BCUT2D eigenvalue weighted by Gasteiger charge is -2.05. The highest BCUT2D eigenvalue weighted by atomic mass is 79.9. The summed E-state index contributed by atoms with van der Waals surface area (Å²) in [7, 11) is 4.85. The molecule has 4 aromatic rings. The third kappa shape index (κ3) is 4.18. The van der Waals surface area contributed by atoms with Gasteiger partial charge < -0.3 is 19.0 Å². The molecule has 0 aliphatic rings. The minimum atomic E-state index is -0.169. The highest BCUT2D eigenvalue weighted by Crippen LogP contribution is 2.28. The van der Waals surface area contributed by atoms with Gasteiger partial charge in [0.05, 0.1) is 50.5 Å². The Morgan fingerprint density at radius 2 is 1.34 bits per heavy atom. The molecule has 0 bridgehead atoms. The smallest absolute Gasteiger partial charge is 0.261 e. The third-order valence-corrected chi connectivity index (χ3v) is 5.43. The summed E-state index contributed by atoms with van der Waals surface area (Å²) in [4.78, 5) is 31.6. The van der Waals surface area contributed by atoms with Gasteiger partial charge in [0.2, 0.25) is 0 Å². The summed E-state index contributed by atoms with van der Waals surface area (Å²) in [6, 6.07) is 6.49. The van der Waals surface area contributed by atoms with Gasteiger partial charge in [-0.15, -0.1) is 0 Å². The molecular formula is C19H16Br2N4O4. The summed E-state index contributed by atoms with van der Waals surface area (Å²) < 4.78 is 9.26. The van der Waals surface area contributed by atoms with Crippen LogP contribution < -0.4 is 15.9 Å². The number of rotatable bonds is 1. The van der Waals surface area contributed by atoms with Crippen LogP contribution in [0.3, 0.4) is 0 Å². The summed E-state index contributed by atoms with van der Waals surface area (Å²) in [6.45, 7) is 0. The van der Waals surface area contributed by atoms with Gasteiger partial charge in [-0.3, -0.25) is 9.59 Å². The number of methoxy groups -OCH3 is 1. The first-order chi connectivity index (χ1) is 13.7. The summed E-state index contributed by atoms with van der Waals surface area (Å²) in [5.74, 6) is 0.676. The number of hydrogen-bond acceptors (Lipinski definition) is 6. The standard InChI is InChI=1S/C10H9BrN2O2.C9H7BrN2O2/c1-13-5-12-8-4-7(11)9(15-2)3-6(8)10(13)14;1-12-4-11-7-3-6(10)8(13)2-5(7)9(12)14/h3-5H,1-2H3;2-4,13H,1H3. The Hall–Kier alpha value is -2.72. The van der Waals surface area contributed by atoms with Crippen LogP contribution in [-0.4, -0.2) is 31.3 Å². The van der Waals surface area contributed by atoms with Gasteiger partial charge in [-0.2, -0.15) is 0 Å². The second kappa shape index (κ2) is 8.34. The average Bonchev–Trinajstić information content (AvgIpc) is 2.70. The Morgan fingerprint density at radius 1 is 0.862 bits per heavy atom. The molecule has 2 heterocycles. The molecule has 150 valence electrons. The van der Waals surface area contributed by atoms with Gasteiger partial charge in [-0.1, -0.05) is 0 Å². The normalized spacial score (nSPS) is 10.7. The quantitative estimate of drug-likeness (QED) is 0.411. The van der Waals surface area contributed by atoms with Crippen molar-refractivity contribution in [2.45, 2.75) is 0 Å². The van der Waals surface area contributed by atoms with E-state index in [2.05, 4.69) is 41.8 Å². The van der Waals surface area contributed by atoms with Gasteiger partial charge in [-0.25, -0.2) is 9.97 Å². The number of ether oxygens (including phenoxy) is 1. The molecule has 0 saturated heterocycles. The van der Waals surface area contributed by atoms with Crippen LogP contribution >= 0.6 is 31.9 Å². The van der Waals surface area contributed by atoms with Crippen LogP contribution in [0.25, 0.3) is 21.8 Å². The molecule has 0 fully saturated rings. The zero-order valence-electron chi connectivity index (χ0n) is 15.7. The van der Waals surface area contributed by atoms with E-state index in [1.165, 1.54) is 27.9 Å². The summed E-state index contributed by atoms with van der Waals surface area (Å²) >= 11 is 6.51. The van der Waals surface area contributed by atoms with E-state index >= 15 is 0 Å². The molecule has 0 aliphatic heterocycles. The largest absolute Gasteiger partial charge is 0.507 e. The minimum absolute atomic E-state index is 0.0441. The van der Waals surface area contributed by atoms with Gasteiger partial charge >= 0.3 is 0 Å². The second-order valence-electron chi connectivity index (χ2n) is 6.15. The molecule has 0 amide bonds. The molecule has 2 aromatic heterocycles. The monoisotopic (exact) mass is 522 g/mol. The number of phenolic OH excluding ortho intramolecular Hbond substituents is 1. The number of aromatic hydroxyl groups is 1. The van der Waals surface area contributed by atoms with Crippen molar-refractivity contribution in [3.8, 4) is 11.5 Å². The number of fused-ring (bicyclic) bond motifs is 2. The fourth-order valence-electron chi connectivity index (χ4n) is 2.59. The van der Waals surface area contributed by atoms with Crippen LogP contribution in [-0.2, 0) is 14.1 Å². The number of phenols is 1. The van der Waals surface area contributed by atoms with Crippen molar-refractivity contribution in [1.82, 2.24) is 19.1 Å². The topological polar surface area (TPSA) is 99.2 Å². The lowest BCUT2D eigenvalue weighted by molar-refractivity contribution is 0.412. The fourth-order valence-corrected chi connectivity index (χ4v) is 3.41. The first-order valence-corrected chi connectivity index (χ1v) is 9.84. The molecule has 0 saturated carbocycles. The van der Waals surface area contributed by atoms with Crippen LogP contribution in [0, 0.1) is 0 Å². The number of aromatic nitrogens is 4. The van der Waals surface area contributed by atoms with E-state index in [0.29, 0.717) is 32.0 Å². The highest BCUT2D eigenvalue weighted by molar-refractivity contribution is 9.10. The molecule has 0 aliphatic carbocycles. The van der Waals surface area contributed by atoms with E-state index in [9.17, 15) is 14.7 Å². The Balaban J connectivity index is 0.000000166. The van der Waals surface area contributed by atoms with E-state index in [-0.39, 0.29) is 16.9 Å². The first kappa shape index (κ1) is 21.0. The van der Waals surface area contributed by atoms with Crippen LogP contribution in [0.5, 0.6) is 11.5 Å². The lowest BCUT2D eigenvalue weighted by Crippen LogP contribution is -2.16. The molecule has 0 atom stereocenters. The molecule has 1 N–H and O–H groups in total. The van der Waals surface area contributed by atoms with Gasteiger partial charge in [0, 0.05) is 14.1 Å². The zero-order valence-corrected chi connectivity index (χ0v) is 18.9. The highest BCUT2D eigenvalue weighted by Gasteiger charge is 2.07. The molecule has 8 nitrogen and oxygen atoms in total. The van der Waals surface area contributed by atoms with Crippen molar-refractivity contribution >= 4 is 53.7 Å². The van der Waals surface area contributed by atoms with Crippen molar-refractivity contribution in [2.24, 2.45) is 14.1 Å². The van der Waals surface area contributed by atoms with E-state index in [4.69, 9.17) is 4.74 Å². The summed E-state index contributed by atoms with van der Waals surface area (Å²) in [5, 5.41) is 10.4. The van der Waals surface area contributed by atoms with Crippen molar-refractivity contribution in [1.29, 1.82) is 0 Å². The summed E-state index contributed by atoms with van der Waals surface area (Å²) in [6.07, 6.45) is 2.96. The number of benzene rings is 2. The van der Waals surface area contributed by atoms with E-state index in [0.717, 1.165) is 4.47 Å². The predicted molar refractivity (Wildman–Crippen MR) is 118 cm³/mol. The number of halogens is 2. The summed E-state index contributed by atoms with van der Waals surface area (Å²) in [5.41, 5.74) is 0.979. The third-order valence-electron chi connectivity index (χ3n) is 4.18. The first-order valence-electron chi connectivity index (χ1n) is 8.25. The number of aryl methyl sites for hydroxylation is 2. The second-order valence-corrected chi connectivity index (χ2v) is 7.85. The number of hydrogen-bond donors (Lipinski definition) is 1. The fraction of sp³-hybridized carbons (Fsp3) is 0.158. The van der Waals surface area contributed by atoms with E-state index in [1.54, 1.807) is 39.4 Å². The minimum Gasteiger partial charge on any atom is -0.507 e. The maximum absolute atomic E-state index is 11.8. The maximum Gasteiger partial charge on any atom is 0.261 e. The molecule has 2 aromatic carbocycles. The average molecular weight is 524 g/mol. The van der Waals surface area contributed by atoms with Crippen molar-refractivity contribution in [3.05, 3.63) is 66.6 Å². The lowest BCUT2D eigenvalue weighted by atomic mass is 10.2. The van der Waals surface area contributed by atoms with E-state index < -0.39 is 0 Å². The van der Waals surface area contributed by atoms with Gasteiger partial charge in [-0.05, 0) is 56.1 Å². The van der Waals surface area contributed by atoms with Crippen molar-refractivity contribution in [3.63, 3.8) is 0 Å². The predicted octanol–water partition coefficient (Wildman–Crippen LogP) is 3.11. The zero-order chi connectivity index (χ0) is 21.3.